The minimum absolute atomic E-state index is 0.0234. The van der Waals surface area contributed by atoms with E-state index in [1.165, 1.54) is 13.2 Å². The molecule has 1 atom stereocenters. The number of phenols is 1. The number of phenolic OH excluding ortho intramolecular Hbond substituents is 1. The fourth-order valence-electron chi connectivity index (χ4n) is 1.96. The van der Waals surface area contributed by atoms with Crippen molar-refractivity contribution in [1.82, 2.24) is 0 Å². The average Bonchev–Trinajstić information content (AvgIpc) is 2.14. The summed E-state index contributed by atoms with van der Waals surface area (Å²) in [7, 11) is 1.45. The summed E-state index contributed by atoms with van der Waals surface area (Å²) in [5, 5.41) is 29.6. The summed E-state index contributed by atoms with van der Waals surface area (Å²) in [4.78, 5) is 0. The lowest BCUT2D eigenvalue weighted by Crippen LogP contribution is -2.33. The molecule has 1 aromatic rings. The highest BCUT2D eigenvalue weighted by molar-refractivity contribution is 5.43. The quantitative estimate of drug-likeness (QED) is 0.750. The van der Waals surface area contributed by atoms with Crippen molar-refractivity contribution in [2.75, 3.05) is 7.11 Å². The lowest BCUT2D eigenvalue weighted by Gasteiger charge is -2.30. The van der Waals surface area contributed by atoms with Crippen molar-refractivity contribution in [3.63, 3.8) is 0 Å². The number of aromatic hydroxyl groups is 1. The number of rotatable bonds is 4. The van der Waals surface area contributed by atoms with E-state index >= 15 is 0 Å². The van der Waals surface area contributed by atoms with Crippen LogP contribution >= 0.6 is 0 Å². The van der Waals surface area contributed by atoms with Crippen LogP contribution in [0.3, 0.4) is 0 Å². The Hall–Kier alpha value is -1.26. The molecule has 0 aliphatic heterocycles. The van der Waals surface area contributed by atoms with Crippen LogP contribution < -0.4 is 4.74 Å². The molecule has 0 aliphatic rings. The SMILES string of the molecule is COc1cc(C(C)(O)CC(C)(C)O)ccc1O. The maximum atomic E-state index is 10.3. The van der Waals surface area contributed by atoms with Crippen LogP contribution in [0.15, 0.2) is 18.2 Å². The lowest BCUT2D eigenvalue weighted by atomic mass is 9.85. The molecular formula is C13H20O4. The van der Waals surface area contributed by atoms with Gasteiger partial charge in [-0.1, -0.05) is 6.07 Å². The first-order chi connectivity index (χ1) is 7.65. The molecule has 0 aliphatic carbocycles. The smallest absolute Gasteiger partial charge is 0.160 e. The third kappa shape index (κ3) is 3.61. The van der Waals surface area contributed by atoms with Gasteiger partial charge in [-0.2, -0.15) is 0 Å². The molecule has 0 bridgehead atoms. The van der Waals surface area contributed by atoms with Crippen molar-refractivity contribution >= 4 is 0 Å². The zero-order valence-electron chi connectivity index (χ0n) is 10.7. The van der Waals surface area contributed by atoms with Gasteiger partial charge in [-0.05, 0) is 38.5 Å². The number of ether oxygens (including phenoxy) is 1. The molecule has 4 heteroatoms. The first kappa shape index (κ1) is 13.8. The van der Waals surface area contributed by atoms with Crippen molar-refractivity contribution in [3.05, 3.63) is 23.8 Å². The second kappa shape index (κ2) is 4.55. The summed E-state index contributed by atoms with van der Waals surface area (Å²) in [6.07, 6.45) is 0.188. The molecule has 4 nitrogen and oxygen atoms in total. The van der Waals surface area contributed by atoms with Gasteiger partial charge in [-0.15, -0.1) is 0 Å². The lowest BCUT2D eigenvalue weighted by molar-refractivity contribution is -0.0391. The predicted octanol–water partition coefficient (Wildman–Crippen LogP) is 1.77. The van der Waals surface area contributed by atoms with E-state index in [0.717, 1.165) is 0 Å². The Kier molecular flexibility index (Phi) is 3.69. The second-order valence-electron chi connectivity index (χ2n) is 5.15. The van der Waals surface area contributed by atoms with Gasteiger partial charge in [0.2, 0.25) is 0 Å². The number of benzene rings is 1. The normalized spacial score (nSPS) is 15.4. The zero-order valence-corrected chi connectivity index (χ0v) is 10.7. The van der Waals surface area contributed by atoms with Crippen molar-refractivity contribution in [2.24, 2.45) is 0 Å². The molecule has 1 aromatic carbocycles. The summed E-state index contributed by atoms with van der Waals surface area (Å²) < 4.78 is 4.99. The van der Waals surface area contributed by atoms with Crippen LogP contribution in [0.4, 0.5) is 0 Å². The Morgan fingerprint density at radius 2 is 1.76 bits per heavy atom. The molecule has 1 unspecified atom stereocenters. The number of hydrogen-bond acceptors (Lipinski definition) is 4. The van der Waals surface area contributed by atoms with Crippen LogP contribution in [0.1, 0.15) is 32.8 Å². The van der Waals surface area contributed by atoms with Gasteiger partial charge in [0.25, 0.3) is 0 Å². The highest BCUT2D eigenvalue weighted by Gasteiger charge is 2.31. The van der Waals surface area contributed by atoms with E-state index < -0.39 is 11.2 Å². The minimum Gasteiger partial charge on any atom is -0.504 e. The van der Waals surface area contributed by atoms with Crippen LogP contribution in [0, 0.1) is 0 Å². The van der Waals surface area contributed by atoms with Crippen molar-refractivity contribution in [3.8, 4) is 11.5 Å². The van der Waals surface area contributed by atoms with E-state index in [-0.39, 0.29) is 12.2 Å². The van der Waals surface area contributed by atoms with Gasteiger partial charge in [0.15, 0.2) is 11.5 Å². The first-order valence-electron chi connectivity index (χ1n) is 5.48. The molecule has 0 radical (unpaired) electrons. The first-order valence-corrected chi connectivity index (χ1v) is 5.48. The molecule has 0 saturated heterocycles. The molecular weight excluding hydrogens is 220 g/mol. The van der Waals surface area contributed by atoms with E-state index in [1.54, 1.807) is 32.9 Å². The summed E-state index contributed by atoms with van der Waals surface area (Å²) >= 11 is 0. The van der Waals surface area contributed by atoms with Gasteiger partial charge in [0.1, 0.15) is 0 Å². The van der Waals surface area contributed by atoms with E-state index in [1.807, 2.05) is 0 Å². The van der Waals surface area contributed by atoms with E-state index in [0.29, 0.717) is 11.3 Å². The van der Waals surface area contributed by atoms with Gasteiger partial charge in [-0.3, -0.25) is 0 Å². The molecule has 17 heavy (non-hydrogen) atoms. The van der Waals surface area contributed by atoms with Gasteiger partial charge >= 0.3 is 0 Å². The molecule has 0 heterocycles. The maximum absolute atomic E-state index is 10.3. The van der Waals surface area contributed by atoms with Crippen LogP contribution in [0.5, 0.6) is 11.5 Å². The molecule has 1 rings (SSSR count). The summed E-state index contributed by atoms with van der Waals surface area (Å²) in [5.41, 5.74) is -1.57. The van der Waals surface area contributed by atoms with E-state index in [4.69, 9.17) is 4.74 Å². The third-order valence-electron chi connectivity index (χ3n) is 2.58. The molecule has 3 N–H and O–H groups in total. The Morgan fingerprint density at radius 3 is 2.24 bits per heavy atom. The largest absolute Gasteiger partial charge is 0.504 e. The van der Waals surface area contributed by atoms with Crippen molar-refractivity contribution in [2.45, 2.75) is 38.4 Å². The van der Waals surface area contributed by atoms with E-state index in [2.05, 4.69) is 0 Å². The number of methoxy groups -OCH3 is 1. The topological polar surface area (TPSA) is 69.9 Å². The van der Waals surface area contributed by atoms with Crippen LogP contribution in [0.2, 0.25) is 0 Å². The average molecular weight is 240 g/mol. The molecule has 0 spiro atoms. The predicted molar refractivity (Wildman–Crippen MR) is 65.1 cm³/mol. The third-order valence-corrected chi connectivity index (χ3v) is 2.58. The monoisotopic (exact) mass is 240 g/mol. The highest BCUT2D eigenvalue weighted by atomic mass is 16.5. The van der Waals surface area contributed by atoms with Crippen LogP contribution in [-0.2, 0) is 5.60 Å². The minimum atomic E-state index is -1.18. The van der Waals surface area contributed by atoms with Gasteiger partial charge in [0.05, 0.1) is 18.3 Å². The Morgan fingerprint density at radius 1 is 1.18 bits per heavy atom. The van der Waals surface area contributed by atoms with Crippen LogP contribution in [0.25, 0.3) is 0 Å². The fraction of sp³-hybridized carbons (Fsp3) is 0.538. The molecule has 0 amide bonds. The van der Waals surface area contributed by atoms with Crippen molar-refractivity contribution < 1.29 is 20.1 Å². The van der Waals surface area contributed by atoms with Gasteiger partial charge < -0.3 is 20.1 Å². The summed E-state index contributed by atoms with van der Waals surface area (Å²) in [6.45, 7) is 4.90. The Bertz CT molecular complexity index is 391. The second-order valence-corrected chi connectivity index (χ2v) is 5.15. The molecule has 0 aromatic heterocycles. The van der Waals surface area contributed by atoms with Crippen LogP contribution in [-0.4, -0.2) is 28.0 Å². The van der Waals surface area contributed by atoms with Gasteiger partial charge in [-0.25, -0.2) is 0 Å². The molecule has 0 fully saturated rings. The van der Waals surface area contributed by atoms with E-state index in [9.17, 15) is 15.3 Å². The number of hydrogen-bond donors (Lipinski definition) is 3. The molecule has 96 valence electrons. The standard InChI is InChI=1S/C13H20O4/c1-12(2,15)8-13(3,16)9-5-6-10(14)11(7-9)17-4/h5-7,14-16H,8H2,1-4H3. The molecule has 0 saturated carbocycles. The maximum Gasteiger partial charge on any atom is 0.160 e. The Labute approximate surface area is 101 Å². The Balaban J connectivity index is 3.06. The highest BCUT2D eigenvalue weighted by Crippen LogP contribution is 2.35. The van der Waals surface area contributed by atoms with Gasteiger partial charge in [0, 0.05) is 6.42 Å². The summed E-state index contributed by atoms with van der Waals surface area (Å²) in [5.74, 6) is 0.328. The fourth-order valence-corrected chi connectivity index (χ4v) is 1.96. The van der Waals surface area contributed by atoms with Crippen molar-refractivity contribution in [1.29, 1.82) is 0 Å². The summed E-state index contributed by atoms with van der Waals surface area (Å²) in [6, 6.07) is 4.65. The number of aliphatic hydroxyl groups is 2. The zero-order chi connectivity index (χ0) is 13.3.